The summed E-state index contributed by atoms with van der Waals surface area (Å²) >= 11 is 1.83. The number of fused-ring (bicyclic) bond motifs is 8. The average molecular weight is 648 g/mol. The van der Waals surface area contributed by atoms with Crippen molar-refractivity contribution in [2.45, 2.75) is 37.5 Å². The molecule has 0 radical (unpaired) electrons. The first-order chi connectivity index (χ1) is 24.3. The number of rotatable bonds is 4. The van der Waals surface area contributed by atoms with E-state index in [0.717, 1.165) is 22.5 Å². The number of thiophene rings is 1. The van der Waals surface area contributed by atoms with Crippen LogP contribution in [0.2, 0.25) is 0 Å². The molecule has 2 aliphatic rings. The molecule has 6 aromatic carbocycles. The highest BCUT2D eigenvalue weighted by molar-refractivity contribution is 7.26. The van der Waals surface area contributed by atoms with Crippen molar-refractivity contribution in [1.82, 2.24) is 15.0 Å². The van der Waals surface area contributed by atoms with E-state index in [1.807, 2.05) is 17.4 Å². The van der Waals surface area contributed by atoms with Gasteiger partial charge in [0.2, 0.25) is 0 Å². The van der Waals surface area contributed by atoms with Gasteiger partial charge in [0.25, 0.3) is 0 Å². The van der Waals surface area contributed by atoms with E-state index < -0.39 is 0 Å². The van der Waals surface area contributed by atoms with Crippen LogP contribution >= 0.6 is 11.3 Å². The van der Waals surface area contributed by atoms with E-state index in [1.54, 1.807) is 0 Å². The predicted octanol–water partition coefficient (Wildman–Crippen LogP) is 12.1. The molecule has 0 N–H and O–H groups in total. The summed E-state index contributed by atoms with van der Waals surface area (Å²) in [6, 6.07) is 50.2. The van der Waals surface area contributed by atoms with Crippen molar-refractivity contribution < 1.29 is 0 Å². The molecule has 0 unspecified atom stereocenters. The Kier molecular flexibility index (Phi) is 6.60. The maximum atomic E-state index is 5.29. The number of benzene rings is 6. The molecule has 1 spiro atoms. The molecular weight excluding hydrogens is 615 g/mol. The van der Waals surface area contributed by atoms with Crippen LogP contribution in [0.15, 0.2) is 140 Å². The van der Waals surface area contributed by atoms with Gasteiger partial charge in [-0.05, 0) is 58.4 Å². The van der Waals surface area contributed by atoms with Gasteiger partial charge >= 0.3 is 0 Å². The van der Waals surface area contributed by atoms with Gasteiger partial charge in [0, 0.05) is 42.3 Å². The quantitative estimate of drug-likeness (QED) is 0.191. The number of nitrogens with zero attached hydrogens (tertiary/aromatic N) is 3. The van der Waals surface area contributed by atoms with Crippen molar-refractivity contribution in [1.29, 1.82) is 0 Å². The van der Waals surface area contributed by atoms with E-state index in [0.29, 0.717) is 11.6 Å². The molecule has 0 atom stereocenters. The molecule has 10 rings (SSSR count). The van der Waals surface area contributed by atoms with Crippen LogP contribution < -0.4 is 0 Å². The van der Waals surface area contributed by atoms with Crippen LogP contribution in [0.3, 0.4) is 0 Å². The van der Waals surface area contributed by atoms with Crippen LogP contribution in [0.4, 0.5) is 0 Å². The Morgan fingerprint density at radius 1 is 0.408 bits per heavy atom. The van der Waals surface area contributed by atoms with Crippen LogP contribution in [0.25, 0.3) is 76.6 Å². The molecule has 2 heterocycles. The summed E-state index contributed by atoms with van der Waals surface area (Å²) in [5.74, 6) is 2.12. The second-order valence-corrected chi connectivity index (χ2v) is 14.5. The van der Waals surface area contributed by atoms with Crippen LogP contribution in [0.1, 0.15) is 43.2 Å². The molecule has 0 bridgehead atoms. The fourth-order valence-electron chi connectivity index (χ4n) is 8.47. The maximum Gasteiger partial charge on any atom is 0.165 e. The summed E-state index contributed by atoms with van der Waals surface area (Å²) in [6.45, 7) is 0. The van der Waals surface area contributed by atoms with E-state index in [4.69, 9.17) is 15.0 Å². The minimum absolute atomic E-state index is 0.0669. The van der Waals surface area contributed by atoms with Crippen molar-refractivity contribution in [2.75, 3.05) is 0 Å². The van der Waals surface area contributed by atoms with Crippen LogP contribution in [0, 0.1) is 0 Å². The number of hydrogen-bond acceptors (Lipinski definition) is 4. The third kappa shape index (κ3) is 4.51. The Morgan fingerprint density at radius 3 is 1.73 bits per heavy atom. The van der Waals surface area contributed by atoms with Crippen molar-refractivity contribution >= 4 is 31.5 Å². The van der Waals surface area contributed by atoms with E-state index in [2.05, 4.69) is 133 Å². The Bertz CT molecular complexity index is 2530. The second-order valence-electron chi connectivity index (χ2n) is 13.5. The number of aromatic nitrogens is 3. The molecular formula is C45H33N3S. The first-order valence-corrected chi connectivity index (χ1v) is 18.1. The maximum absolute atomic E-state index is 5.29. The van der Waals surface area contributed by atoms with Crippen LogP contribution in [-0.4, -0.2) is 15.0 Å². The summed E-state index contributed by atoms with van der Waals surface area (Å²) in [5.41, 5.74) is 11.3. The molecule has 49 heavy (non-hydrogen) atoms. The molecule has 3 nitrogen and oxygen atoms in total. The fourth-order valence-corrected chi connectivity index (χ4v) is 9.82. The average Bonchev–Trinajstić information content (AvgIpc) is 3.69. The topological polar surface area (TPSA) is 38.7 Å². The van der Waals surface area contributed by atoms with Crippen LogP contribution in [-0.2, 0) is 5.41 Å². The van der Waals surface area contributed by atoms with Crippen molar-refractivity contribution in [2.24, 2.45) is 0 Å². The molecule has 234 valence electrons. The lowest BCUT2D eigenvalue weighted by molar-refractivity contribution is 0.353. The lowest BCUT2D eigenvalue weighted by atomic mass is 9.67. The number of hydrogen-bond donors (Lipinski definition) is 0. The molecule has 2 aromatic heterocycles. The summed E-state index contributed by atoms with van der Waals surface area (Å²) < 4.78 is 2.48. The molecule has 8 aromatic rings. The lowest BCUT2D eigenvalue weighted by Gasteiger charge is -2.36. The van der Waals surface area contributed by atoms with Gasteiger partial charge in [0.1, 0.15) is 0 Å². The van der Waals surface area contributed by atoms with Gasteiger partial charge in [-0.1, -0.05) is 147 Å². The van der Waals surface area contributed by atoms with Crippen molar-refractivity contribution in [3.8, 4) is 56.4 Å². The SMILES string of the molecule is c1ccc(-c2nc(-c3ccc4c(c3)C3(CCCCC3)c3ccccc3-4)nc(-c3cccc4c3sc3c(-c5ccccc5)cccc34)n2)cc1. The Balaban J connectivity index is 1.18. The van der Waals surface area contributed by atoms with Gasteiger partial charge < -0.3 is 0 Å². The van der Waals surface area contributed by atoms with E-state index in [-0.39, 0.29) is 5.41 Å². The Morgan fingerprint density at radius 2 is 0.980 bits per heavy atom. The first kappa shape index (κ1) is 28.6. The first-order valence-electron chi connectivity index (χ1n) is 17.3. The van der Waals surface area contributed by atoms with Crippen molar-refractivity contribution in [3.63, 3.8) is 0 Å². The fraction of sp³-hybridized carbons (Fsp3) is 0.133. The van der Waals surface area contributed by atoms with Crippen molar-refractivity contribution in [3.05, 3.63) is 151 Å². The molecule has 1 saturated carbocycles. The minimum atomic E-state index is 0.0669. The normalized spacial score (nSPS) is 14.7. The molecule has 0 aliphatic heterocycles. The predicted molar refractivity (Wildman–Crippen MR) is 204 cm³/mol. The molecule has 4 heteroatoms. The second kappa shape index (κ2) is 11.3. The Hall–Kier alpha value is -5.45. The highest BCUT2D eigenvalue weighted by atomic mass is 32.1. The van der Waals surface area contributed by atoms with Gasteiger partial charge in [-0.25, -0.2) is 15.0 Å². The highest BCUT2D eigenvalue weighted by Gasteiger charge is 2.43. The van der Waals surface area contributed by atoms with E-state index in [1.165, 1.54) is 85.7 Å². The zero-order valence-electron chi connectivity index (χ0n) is 27.1. The van der Waals surface area contributed by atoms with Gasteiger partial charge in [-0.3, -0.25) is 0 Å². The standard InChI is InChI=1S/C45H33N3S/c1-4-14-29(15-5-1)32-19-12-20-35-36-21-13-22-37(41(36)49-40(32)35)44-47-42(30-16-6-2-7-17-30)46-43(48-44)31-24-25-34-33-18-8-9-23-38(33)45(39(34)28-31)26-10-3-11-27-45/h1-2,4-9,12-25,28H,3,10-11,26-27H2. The van der Waals surface area contributed by atoms with Gasteiger partial charge in [-0.15, -0.1) is 11.3 Å². The monoisotopic (exact) mass is 647 g/mol. The molecule has 2 aliphatic carbocycles. The van der Waals surface area contributed by atoms with Gasteiger partial charge in [0.15, 0.2) is 17.5 Å². The van der Waals surface area contributed by atoms with Gasteiger partial charge in [-0.2, -0.15) is 0 Å². The summed E-state index contributed by atoms with van der Waals surface area (Å²) in [4.78, 5) is 15.6. The lowest BCUT2D eigenvalue weighted by Crippen LogP contribution is -2.28. The van der Waals surface area contributed by atoms with Crippen LogP contribution in [0.5, 0.6) is 0 Å². The summed E-state index contributed by atoms with van der Waals surface area (Å²) in [5, 5.41) is 2.49. The Labute approximate surface area is 290 Å². The zero-order chi connectivity index (χ0) is 32.4. The molecule has 0 amide bonds. The zero-order valence-corrected chi connectivity index (χ0v) is 27.9. The molecule has 1 fully saturated rings. The largest absolute Gasteiger partial charge is 0.208 e. The highest BCUT2D eigenvalue weighted by Crippen LogP contribution is 2.56. The van der Waals surface area contributed by atoms with E-state index in [9.17, 15) is 0 Å². The van der Waals surface area contributed by atoms with E-state index >= 15 is 0 Å². The summed E-state index contributed by atoms with van der Waals surface area (Å²) in [6.07, 6.45) is 6.22. The summed E-state index contributed by atoms with van der Waals surface area (Å²) in [7, 11) is 0. The molecule has 0 saturated heterocycles. The smallest absolute Gasteiger partial charge is 0.165 e. The van der Waals surface area contributed by atoms with Gasteiger partial charge in [0.05, 0.1) is 0 Å². The third-order valence-electron chi connectivity index (χ3n) is 10.8. The third-order valence-corrected chi connectivity index (χ3v) is 12.0. The minimum Gasteiger partial charge on any atom is -0.208 e.